The van der Waals surface area contributed by atoms with Crippen LogP contribution in [0.5, 0.6) is 0 Å². The largest absolute Gasteiger partial charge is 0.464 e. The molecule has 0 radical (unpaired) electrons. The average molecular weight is 274 g/mol. The highest BCUT2D eigenvalue weighted by Gasteiger charge is 2.49. The van der Waals surface area contributed by atoms with Crippen molar-refractivity contribution in [3.05, 3.63) is 0 Å². The first-order chi connectivity index (χ1) is 7.31. The lowest BCUT2D eigenvalue weighted by Crippen LogP contribution is -2.39. The molecule has 8 nitrogen and oxygen atoms in total. The van der Waals surface area contributed by atoms with Gasteiger partial charge in [-0.2, -0.15) is 16.8 Å². The number of ether oxygens (including phenoxy) is 1. The molecular formula is C6H10O8S2. The zero-order valence-electron chi connectivity index (χ0n) is 8.28. The Bertz CT molecular complexity index is 425. The van der Waals surface area contributed by atoms with Gasteiger partial charge in [0.15, 0.2) is 0 Å². The Kier molecular flexibility index (Phi) is 3.88. The van der Waals surface area contributed by atoms with Crippen LogP contribution in [0.4, 0.5) is 0 Å². The first-order valence-electron chi connectivity index (χ1n) is 4.24. The van der Waals surface area contributed by atoms with E-state index in [1.54, 1.807) is 0 Å². The minimum Gasteiger partial charge on any atom is -0.464 e. The summed E-state index contributed by atoms with van der Waals surface area (Å²) in [4.78, 5) is 11.2. The van der Waals surface area contributed by atoms with Gasteiger partial charge >= 0.3 is 10.6 Å². The van der Waals surface area contributed by atoms with Crippen LogP contribution in [0.2, 0.25) is 0 Å². The van der Waals surface area contributed by atoms with Gasteiger partial charge in [-0.15, -0.1) is 0 Å². The lowest BCUT2D eigenvalue weighted by atomic mass is 10.7. The molecule has 1 saturated heterocycles. The van der Waals surface area contributed by atoms with Crippen LogP contribution in [0.3, 0.4) is 0 Å². The van der Waals surface area contributed by atoms with Gasteiger partial charge < -0.3 is 4.74 Å². The minimum absolute atomic E-state index is 0.152. The third kappa shape index (κ3) is 2.70. The van der Waals surface area contributed by atoms with Gasteiger partial charge in [0.05, 0.1) is 19.8 Å². The Labute approximate surface area is 92.7 Å². The molecule has 1 aliphatic heterocycles. The number of carbonyl (C=O) groups excluding carboxylic acids is 1. The maximum atomic E-state index is 11.4. The van der Waals surface area contributed by atoms with Gasteiger partial charge in [0, 0.05) is 0 Å². The predicted molar refractivity (Wildman–Crippen MR) is 50.2 cm³/mol. The van der Waals surface area contributed by atoms with E-state index >= 15 is 0 Å². The lowest BCUT2D eigenvalue weighted by molar-refractivity contribution is -0.141. The number of hydrogen-bond acceptors (Lipinski definition) is 8. The second-order valence-electron chi connectivity index (χ2n) is 2.71. The van der Waals surface area contributed by atoms with Gasteiger partial charge in [-0.05, 0) is 6.92 Å². The average Bonchev–Trinajstić information content (AvgIpc) is 2.21. The molecule has 1 rings (SSSR count). The molecule has 0 aromatic rings. The summed E-state index contributed by atoms with van der Waals surface area (Å²) in [6.07, 6.45) is 0. The Morgan fingerprint density at radius 3 is 2.00 bits per heavy atom. The Balaban J connectivity index is 3.19. The summed E-state index contributed by atoms with van der Waals surface area (Å²) in [7, 11) is -9.15. The van der Waals surface area contributed by atoms with E-state index in [-0.39, 0.29) is 6.61 Å². The van der Waals surface area contributed by atoms with E-state index in [4.69, 9.17) is 0 Å². The minimum atomic E-state index is -4.58. The number of hydrogen-bond donors (Lipinski definition) is 0. The van der Waals surface area contributed by atoms with Crippen LogP contribution in [0.25, 0.3) is 0 Å². The fraction of sp³-hybridized carbons (Fsp3) is 0.833. The van der Waals surface area contributed by atoms with E-state index in [2.05, 4.69) is 13.1 Å². The molecule has 16 heavy (non-hydrogen) atoms. The van der Waals surface area contributed by atoms with Gasteiger partial charge in [0.25, 0.3) is 20.2 Å². The van der Waals surface area contributed by atoms with E-state index in [0.717, 1.165) is 0 Å². The molecule has 0 amide bonds. The predicted octanol–water partition coefficient (Wildman–Crippen LogP) is -1.42. The molecule has 0 saturated carbocycles. The standard InChI is InChI=1S/C6H10O8S2/c1-2-12-5(7)6-15(8,9)13-3-4-14-16(6,10)11/h6H,2-4H2,1H3. The SMILES string of the molecule is CCOC(=O)C1S(=O)(=O)OCCOS1(=O)=O. The van der Waals surface area contributed by atoms with Crippen LogP contribution >= 0.6 is 0 Å². The summed E-state index contributed by atoms with van der Waals surface area (Å²) in [6, 6.07) is 0. The second kappa shape index (κ2) is 4.65. The van der Waals surface area contributed by atoms with Crippen LogP contribution in [0, 0.1) is 0 Å². The quantitative estimate of drug-likeness (QED) is 0.445. The van der Waals surface area contributed by atoms with Gasteiger partial charge in [-0.25, -0.2) is 4.79 Å². The summed E-state index contributed by atoms with van der Waals surface area (Å²) in [5.41, 5.74) is 0. The lowest BCUT2D eigenvalue weighted by Gasteiger charge is -2.11. The van der Waals surface area contributed by atoms with Crippen molar-refractivity contribution in [1.82, 2.24) is 0 Å². The van der Waals surface area contributed by atoms with E-state index < -0.39 is 44.0 Å². The molecule has 94 valence electrons. The number of carbonyl (C=O) groups is 1. The van der Waals surface area contributed by atoms with Gasteiger partial charge in [0.1, 0.15) is 0 Å². The van der Waals surface area contributed by atoms with Crippen molar-refractivity contribution < 1.29 is 34.7 Å². The van der Waals surface area contributed by atoms with Crippen LogP contribution < -0.4 is 0 Å². The Morgan fingerprint density at radius 1 is 1.19 bits per heavy atom. The zero-order valence-corrected chi connectivity index (χ0v) is 9.91. The molecule has 1 fully saturated rings. The molecule has 0 atom stereocenters. The first kappa shape index (κ1) is 13.4. The van der Waals surface area contributed by atoms with Gasteiger partial charge in [-0.1, -0.05) is 0 Å². The normalized spacial score (nSPS) is 24.6. The third-order valence-electron chi connectivity index (χ3n) is 1.58. The fourth-order valence-electron chi connectivity index (χ4n) is 1.01. The highest BCUT2D eigenvalue weighted by Crippen LogP contribution is 2.19. The van der Waals surface area contributed by atoms with Crippen molar-refractivity contribution in [3.8, 4) is 0 Å². The monoisotopic (exact) mass is 274 g/mol. The van der Waals surface area contributed by atoms with Crippen molar-refractivity contribution >= 4 is 26.2 Å². The van der Waals surface area contributed by atoms with E-state index in [9.17, 15) is 21.6 Å². The van der Waals surface area contributed by atoms with Crippen molar-refractivity contribution in [2.24, 2.45) is 0 Å². The van der Waals surface area contributed by atoms with Crippen LogP contribution in [-0.2, 0) is 38.1 Å². The van der Waals surface area contributed by atoms with E-state index in [1.807, 2.05) is 0 Å². The highest BCUT2D eigenvalue weighted by atomic mass is 32.3. The topological polar surface area (TPSA) is 113 Å². The molecule has 1 heterocycles. The van der Waals surface area contributed by atoms with Crippen LogP contribution in [0.1, 0.15) is 6.92 Å². The number of esters is 1. The molecule has 0 N–H and O–H groups in total. The van der Waals surface area contributed by atoms with Crippen LogP contribution in [0.15, 0.2) is 0 Å². The van der Waals surface area contributed by atoms with Crippen LogP contribution in [-0.4, -0.2) is 47.2 Å². The fourth-order valence-corrected chi connectivity index (χ4v) is 3.96. The number of rotatable bonds is 2. The van der Waals surface area contributed by atoms with E-state index in [0.29, 0.717) is 0 Å². The first-order valence-corrected chi connectivity index (χ1v) is 7.18. The molecule has 1 aliphatic rings. The van der Waals surface area contributed by atoms with Crippen molar-refractivity contribution in [2.45, 2.75) is 11.5 Å². The maximum Gasteiger partial charge on any atom is 0.345 e. The molecule has 0 spiro atoms. The molecular weight excluding hydrogens is 264 g/mol. The van der Waals surface area contributed by atoms with E-state index in [1.165, 1.54) is 6.92 Å². The Morgan fingerprint density at radius 2 is 1.62 bits per heavy atom. The smallest absolute Gasteiger partial charge is 0.345 e. The molecule has 0 aliphatic carbocycles. The third-order valence-corrected chi connectivity index (χ3v) is 5.42. The molecule has 0 aromatic carbocycles. The molecule has 0 unspecified atom stereocenters. The second-order valence-corrected chi connectivity index (χ2v) is 6.40. The van der Waals surface area contributed by atoms with Crippen molar-refractivity contribution in [2.75, 3.05) is 19.8 Å². The summed E-state index contributed by atoms with van der Waals surface area (Å²) >= 11 is 0. The molecule has 10 heteroatoms. The Hall–Kier alpha value is -0.710. The summed E-state index contributed by atoms with van der Waals surface area (Å²) in [6.45, 7) is 0.338. The molecule has 0 bridgehead atoms. The summed E-state index contributed by atoms with van der Waals surface area (Å²) < 4.78 is 55.8. The van der Waals surface area contributed by atoms with Gasteiger partial charge in [0.2, 0.25) is 0 Å². The van der Waals surface area contributed by atoms with Crippen molar-refractivity contribution in [3.63, 3.8) is 0 Å². The highest BCUT2D eigenvalue weighted by molar-refractivity contribution is 8.06. The van der Waals surface area contributed by atoms with Crippen molar-refractivity contribution in [1.29, 1.82) is 0 Å². The molecule has 0 aromatic heterocycles. The summed E-state index contributed by atoms with van der Waals surface area (Å²) in [5, 5.41) is 0. The maximum absolute atomic E-state index is 11.4. The van der Waals surface area contributed by atoms with Gasteiger partial charge in [-0.3, -0.25) is 8.37 Å². The summed E-state index contributed by atoms with van der Waals surface area (Å²) in [5.74, 6) is -1.43. The zero-order chi connectivity index (χ0) is 12.4.